The van der Waals surface area contributed by atoms with E-state index in [1.807, 2.05) is 42.5 Å². The zero-order valence-electron chi connectivity index (χ0n) is 13.9. The van der Waals surface area contributed by atoms with Crippen LogP contribution in [0.15, 0.2) is 47.0 Å². The predicted molar refractivity (Wildman–Crippen MR) is 91.6 cm³/mol. The topological polar surface area (TPSA) is 55.6 Å². The van der Waals surface area contributed by atoms with E-state index in [9.17, 15) is 4.79 Å². The number of amides is 1. The maximum atomic E-state index is 12.7. The molecule has 0 radical (unpaired) electrons. The summed E-state index contributed by atoms with van der Waals surface area (Å²) < 4.78 is 10.8. The van der Waals surface area contributed by atoms with Crippen molar-refractivity contribution in [2.24, 2.45) is 0 Å². The number of rotatable bonds is 6. The second-order valence-electron chi connectivity index (χ2n) is 5.99. The average molecular weight is 326 g/mol. The Labute approximate surface area is 141 Å². The van der Waals surface area contributed by atoms with Crippen molar-refractivity contribution in [3.63, 3.8) is 0 Å². The van der Waals surface area contributed by atoms with E-state index in [0.29, 0.717) is 18.8 Å². The summed E-state index contributed by atoms with van der Waals surface area (Å²) in [6.07, 6.45) is 6.14. The molecule has 1 amide bonds. The number of hydrogen-bond acceptors (Lipinski definition) is 4. The number of carbonyl (C=O) groups excluding carboxylic acids is 1. The summed E-state index contributed by atoms with van der Waals surface area (Å²) in [4.78, 5) is 14.5. The Kier molecular flexibility index (Phi) is 5.43. The zero-order chi connectivity index (χ0) is 16.8. The summed E-state index contributed by atoms with van der Waals surface area (Å²) in [6, 6.07) is 11.7. The van der Waals surface area contributed by atoms with Gasteiger partial charge in [-0.25, -0.2) is 0 Å². The molecule has 1 fully saturated rings. The number of hydrogen-bond donors (Lipinski definition) is 0. The first-order chi connectivity index (χ1) is 11.7. The van der Waals surface area contributed by atoms with Crippen molar-refractivity contribution in [1.29, 1.82) is 0 Å². The van der Waals surface area contributed by atoms with Crippen LogP contribution in [0.4, 0.5) is 0 Å². The van der Waals surface area contributed by atoms with Crippen LogP contribution < -0.4 is 0 Å². The summed E-state index contributed by atoms with van der Waals surface area (Å²) >= 11 is 0. The Morgan fingerprint density at radius 2 is 2.21 bits per heavy atom. The first-order valence-electron chi connectivity index (χ1n) is 8.28. The van der Waals surface area contributed by atoms with Crippen LogP contribution >= 0.6 is 0 Å². The van der Waals surface area contributed by atoms with E-state index in [1.54, 1.807) is 17.9 Å². The van der Waals surface area contributed by atoms with E-state index in [2.05, 4.69) is 5.16 Å². The summed E-state index contributed by atoms with van der Waals surface area (Å²) in [5.74, 6) is 0.127. The molecule has 3 rings (SSSR count). The van der Waals surface area contributed by atoms with Crippen molar-refractivity contribution in [3.8, 4) is 0 Å². The van der Waals surface area contributed by atoms with Crippen molar-refractivity contribution in [3.05, 3.63) is 59.5 Å². The summed E-state index contributed by atoms with van der Waals surface area (Å²) in [5.41, 5.74) is 1.81. The minimum absolute atomic E-state index is 0.100. The van der Waals surface area contributed by atoms with Gasteiger partial charge in [-0.15, -0.1) is 0 Å². The molecule has 5 heteroatoms. The highest BCUT2D eigenvalue weighted by Gasteiger charge is 2.24. The third-order valence-electron chi connectivity index (χ3n) is 4.01. The number of carbonyl (C=O) groups is 1. The Morgan fingerprint density at radius 1 is 1.38 bits per heavy atom. The fraction of sp³-hybridized carbons (Fsp3) is 0.368. The van der Waals surface area contributed by atoms with Crippen LogP contribution in [-0.4, -0.2) is 41.8 Å². The fourth-order valence-electron chi connectivity index (χ4n) is 2.77. The first kappa shape index (κ1) is 16.5. The highest BCUT2D eigenvalue weighted by Crippen LogP contribution is 2.16. The third kappa shape index (κ3) is 4.32. The molecule has 2 aromatic rings. The molecule has 5 nitrogen and oxygen atoms in total. The molecule has 0 spiro atoms. The Bertz CT molecular complexity index is 688. The summed E-state index contributed by atoms with van der Waals surface area (Å²) in [7, 11) is 0. The lowest BCUT2D eigenvalue weighted by atomic mass is 10.2. The van der Waals surface area contributed by atoms with Gasteiger partial charge in [0, 0.05) is 25.8 Å². The molecule has 0 bridgehead atoms. The Morgan fingerprint density at radius 3 is 2.88 bits per heavy atom. The molecule has 1 aromatic heterocycles. The van der Waals surface area contributed by atoms with E-state index in [4.69, 9.17) is 9.26 Å². The molecule has 0 aliphatic carbocycles. The molecule has 2 heterocycles. The number of aromatic nitrogens is 1. The van der Waals surface area contributed by atoms with Gasteiger partial charge in [0.1, 0.15) is 0 Å². The lowest BCUT2D eigenvalue weighted by molar-refractivity contribution is 0.0524. The van der Waals surface area contributed by atoms with Gasteiger partial charge in [0.15, 0.2) is 0 Å². The molecule has 1 aliphatic rings. The Hall–Kier alpha value is -2.40. The quantitative estimate of drug-likeness (QED) is 0.817. The minimum atomic E-state index is -0.149. The minimum Gasteiger partial charge on any atom is -0.376 e. The lowest BCUT2D eigenvalue weighted by Crippen LogP contribution is -2.37. The van der Waals surface area contributed by atoms with Gasteiger partial charge in [-0.1, -0.05) is 47.6 Å². The molecule has 0 N–H and O–H groups in total. The van der Waals surface area contributed by atoms with Gasteiger partial charge in [-0.3, -0.25) is 4.79 Å². The number of aryl methyl sites for hydroxylation is 1. The molecule has 1 aromatic carbocycles. The van der Waals surface area contributed by atoms with Gasteiger partial charge in [-0.05, 0) is 25.3 Å². The van der Waals surface area contributed by atoms with Gasteiger partial charge >= 0.3 is 0 Å². The maximum absolute atomic E-state index is 12.7. The maximum Gasteiger partial charge on any atom is 0.292 e. The molecule has 1 atom stereocenters. The molecule has 1 aliphatic heterocycles. The van der Waals surface area contributed by atoms with Crippen molar-refractivity contribution < 1.29 is 14.1 Å². The summed E-state index contributed by atoms with van der Waals surface area (Å²) in [5, 5.41) is 3.81. The van der Waals surface area contributed by atoms with Crippen molar-refractivity contribution in [2.75, 3.05) is 19.7 Å². The zero-order valence-corrected chi connectivity index (χ0v) is 13.9. The van der Waals surface area contributed by atoms with Crippen LogP contribution in [0.3, 0.4) is 0 Å². The Balaban J connectivity index is 1.69. The van der Waals surface area contributed by atoms with Gasteiger partial charge in [0.2, 0.25) is 5.76 Å². The van der Waals surface area contributed by atoms with Crippen LogP contribution in [0.5, 0.6) is 0 Å². The van der Waals surface area contributed by atoms with Crippen LogP contribution in [0.25, 0.3) is 6.08 Å². The third-order valence-corrected chi connectivity index (χ3v) is 4.01. The number of ether oxygens (including phenoxy) is 1. The van der Waals surface area contributed by atoms with Crippen molar-refractivity contribution >= 4 is 12.0 Å². The second-order valence-corrected chi connectivity index (χ2v) is 5.99. The molecule has 126 valence electrons. The molecular weight excluding hydrogens is 304 g/mol. The van der Waals surface area contributed by atoms with Gasteiger partial charge < -0.3 is 14.2 Å². The number of benzene rings is 1. The largest absolute Gasteiger partial charge is 0.376 e. The van der Waals surface area contributed by atoms with E-state index in [-0.39, 0.29) is 17.8 Å². The second kappa shape index (κ2) is 7.93. The van der Waals surface area contributed by atoms with E-state index in [0.717, 1.165) is 25.0 Å². The van der Waals surface area contributed by atoms with Crippen LogP contribution in [0.1, 0.15) is 34.7 Å². The van der Waals surface area contributed by atoms with Gasteiger partial charge in [0.25, 0.3) is 5.91 Å². The standard InChI is InChI=1S/C19H22N2O3/c1-15-13-18(24-20-15)19(22)21(14-17-10-6-12-23-17)11-5-9-16-7-3-2-4-8-16/h2-5,7-9,13,17H,6,10-12,14H2,1H3/b9-5+/t17-/m1/s1. The SMILES string of the molecule is Cc1cc(C(=O)N(C/C=C/c2ccccc2)C[C@H]2CCCO2)on1. The lowest BCUT2D eigenvalue weighted by Gasteiger charge is -2.23. The normalized spacial score (nSPS) is 17.5. The highest BCUT2D eigenvalue weighted by molar-refractivity contribution is 5.91. The molecule has 0 saturated carbocycles. The van der Waals surface area contributed by atoms with Gasteiger partial charge in [0.05, 0.1) is 11.8 Å². The van der Waals surface area contributed by atoms with Gasteiger partial charge in [-0.2, -0.15) is 0 Å². The molecule has 1 saturated heterocycles. The monoisotopic (exact) mass is 326 g/mol. The summed E-state index contributed by atoms with van der Waals surface area (Å²) in [6.45, 7) is 3.65. The molecular formula is C19H22N2O3. The number of nitrogens with zero attached hydrogens (tertiary/aromatic N) is 2. The molecule has 0 unspecified atom stereocenters. The highest BCUT2D eigenvalue weighted by atomic mass is 16.5. The fourth-order valence-corrected chi connectivity index (χ4v) is 2.77. The smallest absolute Gasteiger partial charge is 0.292 e. The first-order valence-corrected chi connectivity index (χ1v) is 8.28. The van der Waals surface area contributed by atoms with E-state index >= 15 is 0 Å². The van der Waals surface area contributed by atoms with Crippen LogP contribution in [-0.2, 0) is 4.74 Å². The molecule has 24 heavy (non-hydrogen) atoms. The average Bonchev–Trinajstić information content (AvgIpc) is 3.26. The van der Waals surface area contributed by atoms with Crippen molar-refractivity contribution in [2.45, 2.75) is 25.9 Å². The van der Waals surface area contributed by atoms with E-state index in [1.165, 1.54) is 0 Å². The predicted octanol–water partition coefficient (Wildman–Crippen LogP) is 3.32. The van der Waals surface area contributed by atoms with Crippen LogP contribution in [0, 0.1) is 6.92 Å². The van der Waals surface area contributed by atoms with Crippen LogP contribution in [0.2, 0.25) is 0 Å². The van der Waals surface area contributed by atoms with E-state index < -0.39 is 0 Å². The van der Waals surface area contributed by atoms with Crippen molar-refractivity contribution in [1.82, 2.24) is 10.1 Å².